The van der Waals surface area contributed by atoms with E-state index in [4.69, 9.17) is 19.9 Å². The summed E-state index contributed by atoms with van der Waals surface area (Å²) in [5.41, 5.74) is 7.80. The molecule has 2 aromatic carbocycles. The summed E-state index contributed by atoms with van der Waals surface area (Å²) in [6.45, 7) is 5.27. The van der Waals surface area contributed by atoms with Crippen molar-refractivity contribution in [3.63, 3.8) is 0 Å². The number of rotatable bonds is 13. The second-order valence-corrected chi connectivity index (χ2v) is 8.30. The predicted molar refractivity (Wildman–Crippen MR) is 124 cm³/mol. The molecule has 0 heterocycles. The van der Waals surface area contributed by atoms with Crippen LogP contribution in [0.2, 0.25) is 0 Å². The van der Waals surface area contributed by atoms with E-state index in [2.05, 4.69) is 0 Å². The standard InChI is InChI=1S/C26H33NO6/c1-18(2)25(29)33-24(22(15-28)14-20-10-6-4-7-11-20)19(3)32-26(30)23(27)17-31-16-21-12-8-5-9-13-21/h4-13,15,18-19,22-24H,14,16-17,27H2,1-3H3/t19-,22-,23-,24-/m0/s1. The van der Waals surface area contributed by atoms with Crippen LogP contribution in [0.3, 0.4) is 0 Å². The van der Waals surface area contributed by atoms with Crippen molar-refractivity contribution in [2.45, 2.75) is 52.0 Å². The molecule has 0 amide bonds. The molecule has 2 rings (SSSR count). The number of carbonyl (C=O) groups is 3. The first-order valence-electron chi connectivity index (χ1n) is 11.1. The van der Waals surface area contributed by atoms with Crippen molar-refractivity contribution in [3.05, 3.63) is 71.8 Å². The van der Waals surface area contributed by atoms with Crippen LogP contribution in [0, 0.1) is 11.8 Å². The predicted octanol–water partition coefficient (Wildman–Crippen LogP) is 3.09. The number of nitrogens with two attached hydrogens (primary N) is 1. The van der Waals surface area contributed by atoms with Crippen molar-refractivity contribution < 1.29 is 28.6 Å². The van der Waals surface area contributed by atoms with Crippen molar-refractivity contribution in [2.24, 2.45) is 17.6 Å². The molecule has 178 valence electrons. The average molecular weight is 456 g/mol. The van der Waals surface area contributed by atoms with E-state index in [1.165, 1.54) is 0 Å². The van der Waals surface area contributed by atoms with Crippen molar-refractivity contribution in [2.75, 3.05) is 6.61 Å². The van der Waals surface area contributed by atoms with Gasteiger partial charge in [0, 0.05) is 0 Å². The Bertz CT molecular complexity index is 871. The van der Waals surface area contributed by atoms with Crippen molar-refractivity contribution in [1.82, 2.24) is 0 Å². The van der Waals surface area contributed by atoms with Gasteiger partial charge >= 0.3 is 11.9 Å². The molecule has 0 saturated heterocycles. The van der Waals surface area contributed by atoms with Gasteiger partial charge in [-0.25, -0.2) is 0 Å². The molecule has 4 atom stereocenters. The lowest BCUT2D eigenvalue weighted by molar-refractivity contribution is -0.175. The maximum Gasteiger partial charge on any atom is 0.325 e. The van der Waals surface area contributed by atoms with Gasteiger partial charge in [-0.15, -0.1) is 0 Å². The maximum atomic E-state index is 12.5. The average Bonchev–Trinajstić information content (AvgIpc) is 2.82. The Balaban J connectivity index is 2.01. The highest BCUT2D eigenvalue weighted by molar-refractivity contribution is 5.76. The van der Waals surface area contributed by atoms with E-state index in [9.17, 15) is 14.4 Å². The molecular weight excluding hydrogens is 422 g/mol. The second kappa shape index (κ2) is 13.5. The van der Waals surface area contributed by atoms with Gasteiger partial charge in [0.15, 0.2) is 0 Å². The highest BCUT2D eigenvalue weighted by Crippen LogP contribution is 2.20. The fourth-order valence-corrected chi connectivity index (χ4v) is 3.21. The lowest BCUT2D eigenvalue weighted by Gasteiger charge is -2.29. The largest absolute Gasteiger partial charge is 0.457 e. The first kappa shape index (κ1) is 26.2. The Hall–Kier alpha value is -3.03. The minimum atomic E-state index is -1.01. The molecule has 0 aliphatic carbocycles. The number of hydrogen-bond donors (Lipinski definition) is 1. The molecule has 7 heteroatoms. The van der Waals surface area contributed by atoms with Gasteiger partial charge in [0.2, 0.25) is 0 Å². The first-order valence-corrected chi connectivity index (χ1v) is 11.1. The fourth-order valence-electron chi connectivity index (χ4n) is 3.21. The van der Waals surface area contributed by atoms with Crippen molar-refractivity contribution in [1.29, 1.82) is 0 Å². The van der Waals surface area contributed by atoms with Gasteiger partial charge in [0.05, 0.1) is 25.0 Å². The summed E-state index contributed by atoms with van der Waals surface area (Å²) in [7, 11) is 0. The van der Waals surface area contributed by atoms with Gasteiger partial charge in [-0.1, -0.05) is 74.5 Å². The molecule has 0 aliphatic rings. The minimum absolute atomic E-state index is 0.0297. The Morgan fingerprint density at radius 1 is 0.879 bits per heavy atom. The number of benzene rings is 2. The highest BCUT2D eigenvalue weighted by Gasteiger charge is 2.34. The van der Waals surface area contributed by atoms with Gasteiger partial charge in [0.25, 0.3) is 0 Å². The molecular formula is C26H33NO6. The van der Waals surface area contributed by atoms with Crippen LogP contribution in [-0.2, 0) is 41.6 Å². The topological polar surface area (TPSA) is 105 Å². The summed E-state index contributed by atoms with van der Waals surface area (Å²) in [5, 5.41) is 0. The maximum absolute atomic E-state index is 12.5. The van der Waals surface area contributed by atoms with E-state index in [-0.39, 0.29) is 6.61 Å². The Morgan fingerprint density at radius 2 is 1.45 bits per heavy atom. The number of aldehydes is 1. The molecule has 0 spiro atoms. The van der Waals surface area contributed by atoms with E-state index in [0.717, 1.165) is 17.4 Å². The molecule has 0 bridgehead atoms. The molecule has 2 aromatic rings. The third-order valence-corrected chi connectivity index (χ3v) is 5.11. The van der Waals surface area contributed by atoms with Crippen LogP contribution in [0.5, 0.6) is 0 Å². The molecule has 33 heavy (non-hydrogen) atoms. The Morgan fingerprint density at radius 3 is 2.00 bits per heavy atom. The molecule has 0 unspecified atom stereocenters. The summed E-state index contributed by atoms with van der Waals surface area (Å²) in [6, 6.07) is 17.9. The van der Waals surface area contributed by atoms with Gasteiger partial charge in [-0.2, -0.15) is 0 Å². The van der Waals surface area contributed by atoms with Crippen LogP contribution < -0.4 is 5.73 Å². The zero-order chi connectivity index (χ0) is 24.2. The molecule has 0 fully saturated rings. The molecule has 0 saturated carbocycles. The van der Waals surface area contributed by atoms with Gasteiger partial charge in [0.1, 0.15) is 24.5 Å². The van der Waals surface area contributed by atoms with E-state index in [1.807, 2.05) is 60.7 Å². The normalized spacial score (nSPS) is 14.7. The summed E-state index contributed by atoms with van der Waals surface area (Å²) in [6.07, 6.45) is -0.745. The fraction of sp³-hybridized carbons (Fsp3) is 0.423. The van der Waals surface area contributed by atoms with E-state index < -0.39 is 42.0 Å². The van der Waals surface area contributed by atoms with Crippen LogP contribution in [-0.4, -0.2) is 43.1 Å². The summed E-state index contributed by atoms with van der Waals surface area (Å²) in [5.74, 6) is -2.25. The van der Waals surface area contributed by atoms with Crippen LogP contribution >= 0.6 is 0 Å². The molecule has 7 nitrogen and oxygen atoms in total. The quantitative estimate of drug-likeness (QED) is 0.365. The second-order valence-electron chi connectivity index (χ2n) is 8.30. The SMILES string of the molecule is CC(C)C(=O)O[C@H]([C@H](C=O)Cc1ccccc1)[C@H](C)OC(=O)[C@@H](N)COCc1ccccc1. The summed E-state index contributed by atoms with van der Waals surface area (Å²) < 4.78 is 16.6. The summed E-state index contributed by atoms with van der Waals surface area (Å²) in [4.78, 5) is 36.8. The van der Waals surface area contributed by atoms with Gasteiger partial charge < -0.3 is 24.7 Å². The third kappa shape index (κ3) is 8.79. The van der Waals surface area contributed by atoms with Gasteiger partial charge in [-0.05, 0) is 24.5 Å². The molecule has 0 aromatic heterocycles. The Kier molecular flexibility index (Phi) is 10.7. The summed E-state index contributed by atoms with van der Waals surface area (Å²) >= 11 is 0. The monoisotopic (exact) mass is 455 g/mol. The van der Waals surface area contributed by atoms with Crippen LogP contribution in [0.15, 0.2) is 60.7 Å². The Labute approximate surface area is 195 Å². The van der Waals surface area contributed by atoms with E-state index in [0.29, 0.717) is 13.0 Å². The lowest BCUT2D eigenvalue weighted by atomic mass is 9.92. The zero-order valence-electron chi connectivity index (χ0n) is 19.4. The van der Waals surface area contributed by atoms with Crippen LogP contribution in [0.1, 0.15) is 31.9 Å². The molecule has 2 N–H and O–H groups in total. The minimum Gasteiger partial charge on any atom is -0.457 e. The molecule has 0 aliphatic heterocycles. The lowest BCUT2D eigenvalue weighted by Crippen LogP contribution is -2.45. The van der Waals surface area contributed by atoms with Crippen LogP contribution in [0.4, 0.5) is 0 Å². The zero-order valence-corrected chi connectivity index (χ0v) is 19.4. The van der Waals surface area contributed by atoms with E-state index in [1.54, 1.807) is 20.8 Å². The number of ether oxygens (including phenoxy) is 3. The molecule has 0 radical (unpaired) electrons. The third-order valence-electron chi connectivity index (χ3n) is 5.11. The van der Waals surface area contributed by atoms with E-state index >= 15 is 0 Å². The highest BCUT2D eigenvalue weighted by atomic mass is 16.6. The van der Waals surface area contributed by atoms with Crippen molar-refractivity contribution >= 4 is 18.2 Å². The number of esters is 2. The number of hydrogen-bond acceptors (Lipinski definition) is 7. The van der Waals surface area contributed by atoms with Crippen LogP contribution in [0.25, 0.3) is 0 Å². The smallest absolute Gasteiger partial charge is 0.325 e. The van der Waals surface area contributed by atoms with Gasteiger partial charge in [-0.3, -0.25) is 9.59 Å². The van der Waals surface area contributed by atoms with Crippen molar-refractivity contribution in [3.8, 4) is 0 Å². The number of carbonyl (C=O) groups excluding carboxylic acids is 3. The first-order chi connectivity index (χ1) is 15.8.